The molecule has 2 aromatic rings. The quantitative estimate of drug-likeness (QED) is 0.419. The second kappa shape index (κ2) is 9.35. The Labute approximate surface area is 183 Å². The van der Waals surface area contributed by atoms with Crippen LogP contribution in [0.5, 0.6) is 5.75 Å². The molecule has 1 heterocycles. The zero-order valence-corrected chi connectivity index (χ0v) is 18.8. The van der Waals surface area contributed by atoms with Gasteiger partial charge in [0.15, 0.2) is 0 Å². The predicted molar refractivity (Wildman–Crippen MR) is 121 cm³/mol. The Morgan fingerprint density at radius 3 is 2.35 bits per heavy atom. The molecule has 0 aliphatic carbocycles. The largest absolute Gasteiger partial charge is 0.507 e. The summed E-state index contributed by atoms with van der Waals surface area (Å²) in [6.07, 6.45) is 0. The second-order valence-corrected chi connectivity index (χ2v) is 8.12. The van der Waals surface area contributed by atoms with Gasteiger partial charge in [-0.25, -0.2) is 0 Å². The van der Waals surface area contributed by atoms with Crippen molar-refractivity contribution in [3.63, 3.8) is 0 Å². The van der Waals surface area contributed by atoms with E-state index in [0.29, 0.717) is 25.3 Å². The number of ketones is 1. The number of likely N-dealkylation sites (tertiary alicyclic amines) is 1. The number of hydrogen-bond donors (Lipinski definition) is 1. The van der Waals surface area contributed by atoms with Gasteiger partial charge in [0.05, 0.1) is 18.2 Å². The number of rotatable bonds is 7. The summed E-state index contributed by atoms with van der Waals surface area (Å²) in [6, 6.07) is 12.3. The van der Waals surface area contributed by atoms with Crippen LogP contribution >= 0.6 is 0 Å². The first-order valence-electron chi connectivity index (χ1n) is 10.5. The van der Waals surface area contributed by atoms with E-state index in [0.717, 1.165) is 22.4 Å². The summed E-state index contributed by atoms with van der Waals surface area (Å²) in [6.45, 7) is 7.30. The van der Waals surface area contributed by atoms with E-state index < -0.39 is 17.7 Å². The molecule has 1 saturated heterocycles. The monoisotopic (exact) mass is 422 g/mol. The first kappa shape index (κ1) is 22.6. The molecular weight excluding hydrogens is 392 g/mol. The number of benzene rings is 2. The Morgan fingerprint density at radius 2 is 1.77 bits per heavy atom. The Balaban J connectivity index is 2.12. The van der Waals surface area contributed by atoms with Gasteiger partial charge in [-0.05, 0) is 64.2 Å². The van der Waals surface area contributed by atoms with Gasteiger partial charge in [-0.2, -0.15) is 0 Å². The van der Waals surface area contributed by atoms with E-state index in [4.69, 9.17) is 4.74 Å². The molecule has 2 aromatic carbocycles. The standard InChI is InChI=1S/C25H30N2O4/c1-6-31-20-12-11-19(15-17(20)3)23(28)21-22(18-9-7-16(2)8-10-18)27(14-13-26(4)5)25(30)24(21)29/h7-12,15,22,28H,6,13-14H2,1-5H3/t22-/m0/s1. The lowest BCUT2D eigenvalue weighted by Gasteiger charge is -2.26. The van der Waals surface area contributed by atoms with E-state index in [-0.39, 0.29) is 11.3 Å². The van der Waals surface area contributed by atoms with Crippen LogP contribution in [0.3, 0.4) is 0 Å². The topological polar surface area (TPSA) is 70.1 Å². The van der Waals surface area contributed by atoms with Crippen LogP contribution in [0, 0.1) is 13.8 Å². The van der Waals surface area contributed by atoms with Crippen LogP contribution in [-0.4, -0.2) is 60.4 Å². The van der Waals surface area contributed by atoms with Crippen LogP contribution in [0.1, 0.15) is 35.2 Å². The summed E-state index contributed by atoms with van der Waals surface area (Å²) in [5, 5.41) is 11.2. The maximum Gasteiger partial charge on any atom is 0.295 e. The van der Waals surface area contributed by atoms with E-state index in [1.54, 1.807) is 23.1 Å². The lowest BCUT2D eigenvalue weighted by Crippen LogP contribution is -2.35. The van der Waals surface area contributed by atoms with E-state index >= 15 is 0 Å². The van der Waals surface area contributed by atoms with Crippen LogP contribution in [-0.2, 0) is 9.59 Å². The van der Waals surface area contributed by atoms with Gasteiger partial charge in [-0.3, -0.25) is 9.59 Å². The Hall–Kier alpha value is -3.12. The number of Topliss-reactive ketones (excluding diaryl/α,β-unsaturated/α-hetero) is 1. The molecule has 0 saturated carbocycles. The van der Waals surface area contributed by atoms with Gasteiger partial charge in [-0.15, -0.1) is 0 Å². The van der Waals surface area contributed by atoms with Crippen molar-refractivity contribution < 1.29 is 19.4 Å². The molecule has 0 bridgehead atoms. The van der Waals surface area contributed by atoms with Gasteiger partial charge in [0.25, 0.3) is 11.7 Å². The van der Waals surface area contributed by atoms with Gasteiger partial charge < -0.3 is 19.6 Å². The fraction of sp³-hybridized carbons (Fsp3) is 0.360. The van der Waals surface area contributed by atoms with Crippen molar-refractivity contribution in [1.29, 1.82) is 0 Å². The number of likely N-dealkylation sites (N-methyl/N-ethyl adjacent to an activating group) is 1. The van der Waals surface area contributed by atoms with Gasteiger partial charge in [0.2, 0.25) is 0 Å². The van der Waals surface area contributed by atoms with Gasteiger partial charge >= 0.3 is 0 Å². The zero-order chi connectivity index (χ0) is 22.7. The molecule has 6 heteroatoms. The number of aliphatic hydroxyl groups excluding tert-OH is 1. The van der Waals surface area contributed by atoms with Gasteiger partial charge in [-0.1, -0.05) is 29.8 Å². The number of hydrogen-bond acceptors (Lipinski definition) is 5. The van der Waals surface area contributed by atoms with Crippen molar-refractivity contribution in [3.8, 4) is 5.75 Å². The molecule has 0 spiro atoms. The highest BCUT2D eigenvalue weighted by atomic mass is 16.5. The van der Waals surface area contributed by atoms with Crippen LogP contribution in [0.4, 0.5) is 0 Å². The van der Waals surface area contributed by atoms with Crippen molar-refractivity contribution in [3.05, 3.63) is 70.3 Å². The fourth-order valence-electron chi connectivity index (χ4n) is 3.78. The summed E-state index contributed by atoms with van der Waals surface area (Å²) >= 11 is 0. The number of nitrogens with zero attached hydrogens (tertiary/aromatic N) is 2. The second-order valence-electron chi connectivity index (χ2n) is 8.12. The summed E-state index contributed by atoms with van der Waals surface area (Å²) in [5.74, 6) is -0.687. The highest BCUT2D eigenvalue weighted by Gasteiger charge is 2.45. The number of carbonyl (C=O) groups is 2. The Bertz CT molecular complexity index is 1010. The molecule has 1 aliphatic rings. The van der Waals surface area contributed by atoms with Crippen LogP contribution in [0.25, 0.3) is 5.76 Å². The summed E-state index contributed by atoms with van der Waals surface area (Å²) < 4.78 is 5.58. The molecule has 1 N–H and O–H groups in total. The fourth-order valence-corrected chi connectivity index (χ4v) is 3.78. The summed E-state index contributed by atoms with van der Waals surface area (Å²) in [4.78, 5) is 29.5. The van der Waals surface area contributed by atoms with Gasteiger partial charge in [0.1, 0.15) is 11.5 Å². The highest BCUT2D eigenvalue weighted by Crippen LogP contribution is 2.39. The third-order valence-corrected chi connectivity index (χ3v) is 5.47. The molecule has 0 unspecified atom stereocenters. The van der Waals surface area contributed by atoms with Crippen molar-refractivity contribution >= 4 is 17.4 Å². The molecule has 1 fully saturated rings. The number of amides is 1. The van der Waals surface area contributed by atoms with Gasteiger partial charge in [0, 0.05) is 18.7 Å². The molecule has 3 rings (SSSR count). The number of aliphatic hydroxyl groups is 1. The molecule has 6 nitrogen and oxygen atoms in total. The maximum atomic E-state index is 13.0. The molecule has 0 radical (unpaired) electrons. The van der Waals surface area contributed by atoms with Crippen LogP contribution < -0.4 is 4.74 Å². The molecular formula is C25H30N2O4. The molecule has 164 valence electrons. The molecule has 1 amide bonds. The van der Waals surface area contributed by atoms with E-state index in [2.05, 4.69) is 0 Å². The average Bonchev–Trinajstić information content (AvgIpc) is 2.98. The maximum absolute atomic E-state index is 13.0. The van der Waals surface area contributed by atoms with E-state index in [1.165, 1.54) is 0 Å². The first-order chi connectivity index (χ1) is 14.7. The number of carbonyl (C=O) groups excluding carboxylic acids is 2. The van der Waals surface area contributed by atoms with E-state index in [9.17, 15) is 14.7 Å². The lowest BCUT2D eigenvalue weighted by molar-refractivity contribution is -0.140. The highest BCUT2D eigenvalue weighted by molar-refractivity contribution is 6.46. The first-order valence-corrected chi connectivity index (χ1v) is 10.5. The lowest BCUT2D eigenvalue weighted by atomic mass is 9.94. The Kier molecular flexibility index (Phi) is 6.81. The van der Waals surface area contributed by atoms with Crippen LogP contribution in [0.15, 0.2) is 48.0 Å². The minimum absolute atomic E-state index is 0.121. The minimum Gasteiger partial charge on any atom is -0.507 e. The van der Waals surface area contributed by atoms with E-state index in [1.807, 2.05) is 64.0 Å². The molecule has 0 aromatic heterocycles. The third kappa shape index (κ3) is 4.64. The van der Waals surface area contributed by atoms with Crippen LogP contribution in [0.2, 0.25) is 0 Å². The Morgan fingerprint density at radius 1 is 1.10 bits per heavy atom. The zero-order valence-electron chi connectivity index (χ0n) is 18.8. The van der Waals surface area contributed by atoms with Crippen molar-refractivity contribution in [2.45, 2.75) is 26.8 Å². The summed E-state index contributed by atoms with van der Waals surface area (Å²) in [7, 11) is 3.83. The normalized spacial score (nSPS) is 18.1. The average molecular weight is 423 g/mol. The molecule has 1 aliphatic heterocycles. The van der Waals surface area contributed by atoms with Crippen molar-refractivity contribution in [2.24, 2.45) is 0 Å². The summed E-state index contributed by atoms with van der Waals surface area (Å²) in [5.41, 5.74) is 3.34. The molecule has 31 heavy (non-hydrogen) atoms. The SMILES string of the molecule is CCOc1ccc(C(O)=C2C(=O)C(=O)N(CCN(C)C)[C@H]2c2ccc(C)cc2)cc1C. The number of aryl methyl sites for hydroxylation is 2. The smallest absolute Gasteiger partial charge is 0.295 e. The number of ether oxygens (including phenoxy) is 1. The van der Waals surface area contributed by atoms with Crippen molar-refractivity contribution in [1.82, 2.24) is 9.80 Å². The third-order valence-electron chi connectivity index (χ3n) is 5.47. The molecule has 1 atom stereocenters. The minimum atomic E-state index is -0.659. The van der Waals surface area contributed by atoms with Crippen molar-refractivity contribution in [2.75, 3.05) is 33.8 Å². The predicted octanol–water partition coefficient (Wildman–Crippen LogP) is 3.69.